The van der Waals surface area contributed by atoms with Crippen molar-refractivity contribution in [2.45, 2.75) is 78.2 Å². The molecule has 1 aliphatic carbocycles. The van der Waals surface area contributed by atoms with E-state index in [0.29, 0.717) is 0 Å². The van der Waals surface area contributed by atoms with Gasteiger partial charge in [-0.25, -0.2) is 0 Å². The van der Waals surface area contributed by atoms with Crippen LogP contribution in [0.1, 0.15) is 83.2 Å². The Morgan fingerprint density at radius 1 is 1.29 bits per heavy atom. The second-order valence-electron chi connectivity index (χ2n) is 7.98. The van der Waals surface area contributed by atoms with Gasteiger partial charge < -0.3 is 4.74 Å². The number of esters is 1. The second-order valence-corrected chi connectivity index (χ2v) is 7.98. The van der Waals surface area contributed by atoms with Crippen molar-refractivity contribution in [3.63, 3.8) is 0 Å². The Morgan fingerprint density at radius 3 is 2.43 bits per heavy atom. The van der Waals surface area contributed by atoms with Crippen molar-refractivity contribution in [1.29, 1.82) is 0 Å². The largest absolute Gasteiger partial charge is 0.458 e. The molecular weight excluding hydrogens is 260 g/mol. The third kappa shape index (κ3) is 3.14. The zero-order valence-electron chi connectivity index (χ0n) is 14.5. The number of carbonyl (C=O) groups excluding carboxylic acids is 1. The van der Waals surface area contributed by atoms with Gasteiger partial charge in [-0.2, -0.15) is 0 Å². The lowest BCUT2D eigenvalue weighted by Crippen LogP contribution is -2.18. The Bertz CT molecular complexity index is 562. The monoisotopic (exact) mass is 288 g/mol. The van der Waals surface area contributed by atoms with E-state index in [1.807, 2.05) is 6.92 Å². The van der Waals surface area contributed by atoms with Crippen molar-refractivity contribution in [2.75, 3.05) is 0 Å². The van der Waals surface area contributed by atoms with Crippen molar-refractivity contribution in [3.05, 3.63) is 34.4 Å². The first-order valence-electron chi connectivity index (χ1n) is 7.87. The van der Waals surface area contributed by atoms with Gasteiger partial charge in [0.1, 0.15) is 6.10 Å². The molecule has 1 aliphatic rings. The summed E-state index contributed by atoms with van der Waals surface area (Å²) in [5, 5.41) is 0. The van der Waals surface area contributed by atoms with Gasteiger partial charge in [0.05, 0.1) is 0 Å². The molecule has 1 unspecified atom stereocenters. The molecule has 2 rings (SSSR count). The van der Waals surface area contributed by atoms with Crippen LogP contribution in [-0.2, 0) is 26.8 Å². The number of hydrogen-bond donors (Lipinski definition) is 0. The lowest BCUT2D eigenvalue weighted by atomic mass is 9.79. The molecule has 1 aromatic carbocycles. The third-order valence-electron chi connectivity index (χ3n) is 4.66. The highest BCUT2D eigenvalue weighted by Crippen LogP contribution is 2.44. The van der Waals surface area contributed by atoms with E-state index in [0.717, 1.165) is 12.8 Å². The number of hydrogen-bond acceptors (Lipinski definition) is 2. The Kier molecular flexibility index (Phi) is 3.94. The molecule has 2 nitrogen and oxygen atoms in total. The van der Waals surface area contributed by atoms with Crippen LogP contribution in [0.3, 0.4) is 0 Å². The Hall–Kier alpha value is -1.31. The number of benzene rings is 1. The van der Waals surface area contributed by atoms with E-state index >= 15 is 0 Å². The second kappa shape index (κ2) is 5.15. The maximum absolute atomic E-state index is 11.3. The molecule has 0 aromatic heterocycles. The van der Waals surface area contributed by atoms with Gasteiger partial charge in [-0.1, -0.05) is 46.8 Å². The Labute approximate surface area is 128 Å². The molecule has 1 aromatic rings. The zero-order valence-corrected chi connectivity index (χ0v) is 14.5. The summed E-state index contributed by atoms with van der Waals surface area (Å²) in [6.45, 7) is 14.8. The van der Waals surface area contributed by atoms with Crippen molar-refractivity contribution in [3.8, 4) is 0 Å². The van der Waals surface area contributed by atoms with Crippen LogP contribution in [0.25, 0.3) is 0 Å². The average molecular weight is 288 g/mol. The molecule has 0 heterocycles. The van der Waals surface area contributed by atoms with Crippen LogP contribution < -0.4 is 0 Å². The standard InChI is InChI=1S/C19H28O2/c1-12(21-13(2)20)16-10-14(18(3,4)5)11-17-15(16)8-9-19(17,6)7/h10-12H,8-9H2,1-7H3. The van der Waals surface area contributed by atoms with Crippen LogP contribution in [-0.4, -0.2) is 5.97 Å². The van der Waals surface area contributed by atoms with E-state index < -0.39 is 0 Å². The van der Waals surface area contributed by atoms with E-state index in [1.165, 1.54) is 29.2 Å². The maximum atomic E-state index is 11.3. The molecule has 0 spiro atoms. The smallest absolute Gasteiger partial charge is 0.303 e. The highest BCUT2D eigenvalue weighted by atomic mass is 16.5. The first-order valence-corrected chi connectivity index (χ1v) is 7.87. The average Bonchev–Trinajstić information content (AvgIpc) is 2.62. The molecule has 21 heavy (non-hydrogen) atoms. The summed E-state index contributed by atoms with van der Waals surface area (Å²) in [5.74, 6) is -0.213. The van der Waals surface area contributed by atoms with Gasteiger partial charge in [-0.3, -0.25) is 4.79 Å². The highest BCUT2D eigenvalue weighted by Gasteiger charge is 2.34. The van der Waals surface area contributed by atoms with Gasteiger partial charge >= 0.3 is 5.97 Å². The summed E-state index contributed by atoms with van der Waals surface area (Å²) in [6.07, 6.45) is 2.07. The summed E-state index contributed by atoms with van der Waals surface area (Å²) in [5.41, 5.74) is 5.65. The van der Waals surface area contributed by atoms with Crippen LogP contribution in [0.15, 0.2) is 12.1 Å². The number of carbonyl (C=O) groups is 1. The first-order chi connectivity index (χ1) is 9.52. The maximum Gasteiger partial charge on any atom is 0.303 e. The topological polar surface area (TPSA) is 26.3 Å². The molecule has 1 atom stereocenters. The van der Waals surface area contributed by atoms with Gasteiger partial charge in [-0.15, -0.1) is 0 Å². The fraction of sp³-hybridized carbons (Fsp3) is 0.632. The Balaban J connectivity index is 2.59. The number of fused-ring (bicyclic) bond motifs is 1. The normalized spacial score (nSPS) is 18.2. The van der Waals surface area contributed by atoms with Crippen molar-refractivity contribution in [1.82, 2.24) is 0 Å². The van der Waals surface area contributed by atoms with Crippen LogP contribution in [0.5, 0.6) is 0 Å². The molecule has 2 heteroatoms. The van der Waals surface area contributed by atoms with Crippen LogP contribution in [0, 0.1) is 0 Å². The van der Waals surface area contributed by atoms with Gasteiger partial charge in [0.2, 0.25) is 0 Å². The predicted octanol–water partition coefficient (Wildman–Crippen LogP) is 4.83. The van der Waals surface area contributed by atoms with Gasteiger partial charge in [0.25, 0.3) is 0 Å². The summed E-state index contributed by atoms with van der Waals surface area (Å²) in [6, 6.07) is 4.61. The van der Waals surface area contributed by atoms with Crippen molar-refractivity contribution < 1.29 is 9.53 Å². The third-order valence-corrected chi connectivity index (χ3v) is 4.66. The Morgan fingerprint density at radius 2 is 1.90 bits per heavy atom. The molecule has 0 fully saturated rings. The predicted molar refractivity (Wildman–Crippen MR) is 86.7 cm³/mol. The fourth-order valence-corrected chi connectivity index (χ4v) is 3.26. The first kappa shape index (κ1) is 16.1. The molecule has 0 amide bonds. The number of ether oxygens (including phenoxy) is 1. The van der Waals surface area contributed by atoms with Gasteiger partial charge in [0.15, 0.2) is 0 Å². The summed E-state index contributed by atoms with van der Waals surface area (Å²) < 4.78 is 5.46. The lowest BCUT2D eigenvalue weighted by Gasteiger charge is -2.27. The lowest BCUT2D eigenvalue weighted by molar-refractivity contribution is -0.145. The molecule has 0 N–H and O–H groups in total. The molecule has 0 aliphatic heterocycles. The van der Waals surface area contributed by atoms with Crippen LogP contribution in [0.4, 0.5) is 0 Å². The van der Waals surface area contributed by atoms with E-state index in [9.17, 15) is 4.79 Å². The molecule has 0 bridgehead atoms. The van der Waals surface area contributed by atoms with E-state index in [1.54, 1.807) is 0 Å². The molecule has 116 valence electrons. The van der Waals surface area contributed by atoms with E-state index in [2.05, 4.69) is 46.8 Å². The zero-order chi connectivity index (χ0) is 16.0. The quantitative estimate of drug-likeness (QED) is 0.728. The molecule has 0 saturated carbocycles. The minimum Gasteiger partial charge on any atom is -0.458 e. The SMILES string of the molecule is CC(=O)OC(C)c1cc(C(C)(C)C)cc2c1CCC2(C)C. The summed E-state index contributed by atoms with van der Waals surface area (Å²) >= 11 is 0. The highest BCUT2D eigenvalue weighted by molar-refractivity contribution is 5.66. The van der Waals surface area contributed by atoms with Crippen LogP contribution >= 0.6 is 0 Å². The number of rotatable bonds is 2. The van der Waals surface area contributed by atoms with E-state index in [-0.39, 0.29) is 22.9 Å². The van der Waals surface area contributed by atoms with Crippen LogP contribution in [0.2, 0.25) is 0 Å². The molecular formula is C19H28O2. The van der Waals surface area contributed by atoms with Crippen molar-refractivity contribution >= 4 is 5.97 Å². The summed E-state index contributed by atoms with van der Waals surface area (Å²) in [7, 11) is 0. The van der Waals surface area contributed by atoms with Gasteiger partial charge in [-0.05, 0) is 52.8 Å². The minimum atomic E-state index is -0.213. The van der Waals surface area contributed by atoms with E-state index in [4.69, 9.17) is 4.74 Å². The summed E-state index contributed by atoms with van der Waals surface area (Å²) in [4.78, 5) is 11.3. The fourth-order valence-electron chi connectivity index (χ4n) is 3.26. The molecule has 0 saturated heterocycles. The minimum absolute atomic E-state index is 0.0956. The van der Waals surface area contributed by atoms with Gasteiger partial charge in [0, 0.05) is 6.92 Å². The molecule has 0 radical (unpaired) electrons. The van der Waals surface area contributed by atoms with Crippen molar-refractivity contribution in [2.24, 2.45) is 0 Å².